The number of hydrogen-bond donors (Lipinski definition) is 3. The number of nitrogens with one attached hydrogen (secondary N) is 1. The quantitative estimate of drug-likeness (QED) is 0.0876. The fourth-order valence-electron chi connectivity index (χ4n) is 9.00. The second-order valence-corrected chi connectivity index (χ2v) is 17.7. The number of hydrogen-bond acceptors (Lipinski definition) is 9. The van der Waals surface area contributed by atoms with Crippen molar-refractivity contribution >= 4 is 0 Å². The highest BCUT2D eigenvalue weighted by molar-refractivity contribution is 5.61. The average Bonchev–Trinajstić information content (AvgIpc) is 3.32. The molecule has 10 heteroatoms. The van der Waals surface area contributed by atoms with Gasteiger partial charge in [0, 0.05) is 80.7 Å². The molecule has 6 aromatic rings. The first-order valence-corrected chi connectivity index (χ1v) is 23.5. The monoisotopic (exact) mass is 864 g/mol. The van der Waals surface area contributed by atoms with Crippen LogP contribution in [0.2, 0.25) is 0 Å². The summed E-state index contributed by atoms with van der Waals surface area (Å²) in [6.07, 6.45) is 15.7. The van der Waals surface area contributed by atoms with Crippen molar-refractivity contribution in [1.29, 1.82) is 0 Å². The number of benzene rings is 4. The van der Waals surface area contributed by atoms with E-state index in [1.54, 1.807) is 42.6 Å². The number of aromatic hydroxyl groups is 2. The third kappa shape index (κ3) is 13.7. The maximum absolute atomic E-state index is 14.7. The molecule has 2 fully saturated rings. The molecule has 8 rings (SSSR count). The molecular weight excluding hydrogens is 798 g/mol. The Labute approximate surface area is 379 Å². The van der Waals surface area contributed by atoms with E-state index in [0.717, 1.165) is 99.3 Å². The van der Waals surface area contributed by atoms with Gasteiger partial charge < -0.3 is 15.5 Å². The van der Waals surface area contributed by atoms with Gasteiger partial charge in [0.2, 0.25) is 0 Å². The van der Waals surface area contributed by atoms with Crippen LogP contribution in [0.4, 0.5) is 4.39 Å². The first-order chi connectivity index (χ1) is 31.2. The van der Waals surface area contributed by atoms with Crippen LogP contribution in [0, 0.1) is 5.82 Å². The molecule has 64 heavy (non-hydrogen) atoms. The third-order valence-corrected chi connectivity index (χ3v) is 12.7. The minimum atomic E-state index is -0.260. The number of phenolic OH excluding ortho intramolecular Hbond substituents is 2. The molecule has 0 unspecified atom stereocenters. The van der Waals surface area contributed by atoms with Gasteiger partial charge in [0.05, 0.1) is 11.4 Å². The van der Waals surface area contributed by atoms with Crippen LogP contribution in [0.5, 0.6) is 11.5 Å². The number of aromatic nitrogens is 4. The normalized spacial score (nSPS) is 17.0. The molecule has 0 bridgehead atoms. The lowest BCUT2D eigenvalue weighted by Gasteiger charge is -2.37. The summed E-state index contributed by atoms with van der Waals surface area (Å²) in [7, 11) is 0. The molecular formula is C54H66FN7O2. The highest BCUT2D eigenvalue weighted by Gasteiger charge is 2.23. The van der Waals surface area contributed by atoms with Gasteiger partial charge >= 0.3 is 0 Å². The minimum absolute atomic E-state index is 0.260. The Morgan fingerprint density at radius 2 is 1.30 bits per heavy atom. The Morgan fingerprint density at radius 1 is 0.688 bits per heavy atom. The van der Waals surface area contributed by atoms with Crippen molar-refractivity contribution in [2.45, 2.75) is 123 Å². The van der Waals surface area contributed by atoms with Crippen LogP contribution in [0.25, 0.3) is 22.5 Å². The molecule has 3 heterocycles. The molecule has 336 valence electrons. The lowest BCUT2D eigenvalue weighted by atomic mass is 9.93. The van der Waals surface area contributed by atoms with Gasteiger partial charge in [-0.3, -0.25) is 9.80 Å². The molecule has 0 spiro atoms. The van der Waals surface area contributed by atoms with Crippen LogP contribution in [0.1, 0.15) is 99.6 Å². The molecule has 2 atom stereocenters. The van der Waals surface area contributed by atoms with E-state index in [2.05, 4.69) is 75.1 Å². The van der Waals surface area contributed by atoms with E-state index in [0.29, 0.717) is 35.5 Å². The number of nitrogens with zero attached hydrogens (tertiary/aromatic N) is 6. The van der Waals surface area contributed by atoms with Crippen LogP contribution in [0.15, 0.2) is 116 Å². The van der Waals surface area contributed by atoms with Crippen molar-refractivity contribution in [3.05, 3.63) is 155 Å². The fourth-order valence-corrected chi connectivity index (χ4v) is 9.00. The Kier molecular flexibility index (Phi) is 17.0. The van der Waals surface area contributed by atoms with Gasteiger partial charge in [-0.2, -0.15) is 0 Å². The van der Waals surface area contributed by atoms with Gasteiger partial charge in [0.1, 0.15) is 29.0 Å². The van der Waals surface area contributed by atoms with E-state index in [1.165, 1.54) is 48.8 Å². The van der Waals surface area contributed by atoms with Crippen molar-refractivity contribution in [3.63, 3.8) is 0 Å². The number of rotatable bonds is 16. The van der Waals surface area contributed by atoms with Crippen molar-refractivity contribution in [1.82, 2.24) is 35.1 Å². The molecule has 1 aliphatic carbocycles. The van der Waals surface area contributed by atoms with E-state index in [1.807, 2.05) is 48.7 Å². The SMILES string of the molecule is CCN(Cc1cccc(-c2ccnc(CCCc3ccc(O)cc3)n2)c1)C1CCCCC1.C[C@H]1CN(Cc2ccc(F)c(-c3ccnc(CCCc4ccc(O)cc4)n3)c2)[C@@H](C)CN1. The van der Waals surface area contributed by atoms with Crippen molar-refractivity contribution in [3.8, 4) is 34.0 Å². The molecule has 0 radical (unpaired) electrons. The van der Waals surface area contributed by atoms with Gasteiger partial charge in [0.15, 0.2) is 0 Å². The summed E-state index contributed by atoms with van der Waals surface area (Å²) in [4.78, 5) is 23.5. The lowest BCUT2D eigenvalue weighted by molar-refractivity contribution is 0.139. The Bertz CT molecular complexity index is 2350. The number of phenols is 2. The summed E-state index contributed by atoms with van der Waals surface area (Å²) in [5.41, 5.74) is 8.17. The van der Waals surface area contributed by atoms with Crippen LogP contribution < -0.4 is 5.32 Å². The van der Waals surface area contributed by atoms with Gasteiger partial charge in [-0.25, -0.2) is 24.3 Å². The van der Waals surface area contributed by atoms with Crippen LogP contribution in [0.3, 0.4) is 0 Å². The van der Waals surface area contributed by atoms with Crippen molar-refractivity contribution in [2.24, 2.45) is 0 Å². The van der Waals surface area contributed by atoms with E-state index >= 15 is 0 Å². The standard InChI is InChI=1S/C28H35N3O.C26H31FN4O/c1-2-31(25-11-4-3-5-12-25)21-23-9-6-10-24(20-23)27-18-19-29-28(30-27)13-7-8-22-14-16-26(32)17-15-22;1-18-16-31(19(2)15-29-18)17-21-8-11-24(27)23(14-21)25-12-13-28-26(30-25)5-3-4-20-6-9-22(32)10-7-20/h6,9-10,14-20,25,32H,2-5,7-8,11-13,21H2,1H3;6-14,18-19,29,32H,3-5,15-17H2,1-2H3/t;18-,19-/m.0/s1. The molecule has 9 nitrogen and oxygen atoms in total. The van der Waals surface area contributed by atoms with E-state index in [-0.39, 0.29) is 11.6 Å². The van der Waals surface area contributed by atoms with Crippen LogP contribution in [-0.4, -0.2) is 77.7 Å². The Balaban J connectivity index is 0.000000191. The van der Waals surface area contributed by atoms with E-state index < -0.39 is 0 Å². The first kappa shape index (κ1) is 46.4. The third-order valence-electron chi connectivity index (χ3n) is 12.7. The molecule has 1 aliphatic heterocycles. The van der Waals surface area contributed by atoms with Crippen molar-refractivity contribution in [2.75, 3.05) is 19.6 Å². The minimum Gasteiger partial charge on any atom is -0.508 e. The van der Waals surface area contributed by atoms with Gasteiger partial charge in [0.25, 0.3) is 0 Å². The predicted octanol–water partition coefficient (Wildman–Crippen LogP) is 10.5. The number of halogens is 1. The predicted molar refractivity (Wildman–Crippen MR) is 255 cm³/mol. The maximum Gasteiger partial charge on any atom is 0.132 e. The van der Waals surface area contributed by atoms with Gasteiger partial charge in [-0.1, -0.05) is 74.7 Å². The van der Waals surface area contributed by atoms with Crippen molar-refractivity contribution < 1.29 is 14.6 Å². The fraction of sp³-hybridized carbons (Fsp3) is 0.407. The molecule has 2 aromatic heterocycles. The molecule has 1 saturated carbocycles. The topological polar surface area (TPSA) is 111 Å². The van der Waals surface area contributed by atoms with Crippen LogP contribution >= 0.6 is 0 Å². The average molecular weight is 864 g/mol. The highest BCUT2D eigenvalue weighted by atomic mass is 19.1. The maximum atomic E-state index is 14.7. The molecule has 1 saturated heterocycles. The first-order valence-electron chi connectivity index (χ1n) is 23.5. The van der Waals surface area contributed by atoms with E-state index in [4.69, 9.17) is 4.98 Å². The van der Waals surface area contributed by atoms with Gasteiger partial charge in [-0.05, 0) is 136 Å². The number of piperazine rings is 1. The number of aryl methyl sites for hydroxylation is 4. The highest BCUT2D eigenvalue weighted by Crippen LogP contribution is 2.27. The summed E-state index contributed by atoms with van der Waals surface area (Å²) in [6.45, 7) is 11.6. The summed E-state index contributed by atoms with van der Waals surface area (Å²) in [6, 6.07) is 34.3. The Morgan fingerprint density at radius 3 is 1.94 bits per heavy atom. The second-order valence-electron chi connectivity index (χ2n) is 17.7. The zero-order valence-electron chi connectivity index (χ0n) is 38.0. The summed E-state index contributed by atoms with van der Waals surface area (Å²) in [5, 5.41) is 22.3. The van der Waals surface area contributed by atoms with Crippen LogP contribution in [-0.2, 0) is 38.8 Å². The Hall–Kier alpha value is -5.55. The summed E-state index contributed by atoms with van der Waals surface area (Å²) < 4.78 is 14.7. The molecule has 2 aliphatic rings. The second kappa shape index (κ2) is 23.4. The van der Waals surface area contributed by atoms with Gasteiger partial charge in [-0.15, -0.1) is 0 Å². The largest absolute Gasteiger partial charge is 0.508 e. The smallest absolute Gasteiger partial charge is 0.132 e. The lowest BCUT2D eigenvalue weighted by Crippen LogP contribution is -2.53. The zero-order valence-corrected chi connectivity index (χ0v) is 38.0. The van der Waals surface area contributed by atoms with E-state index in [9.17, 15) is 14.6 Å². The summed E-state index contributed by atoms with van der Waals surface area (Å²) in [5.74, 6) is 1.94. The molecule has 0 amide bonds. The molecule has 4 aromatic carbocycles. The molecule has 3 N–H and O–H groups in total. The summed E-state index contributed by atoms with van der Waals surface area (Å²) >= 11 is 0. The zero-order chi connectivity index (χ0) is 44.7.